The molecule has 11 heteroatoms. The van der Waals surface area contributed by atoms with Gasteiger partial charge in [-0.2, -0.15) is 4.98 Å². The summed E-state index contributed by atoms with van der Waals surface area (Å²) >= 11 is 0. The molecule has 4 rings (SSSR count). The summed E-state index contributed by atoms with van der Waals surface area (Å²) in [4.78, 5) is 32.9. The third-order valence-electron chi connectivity index (χ3n) is 5.65. The number of hydrogen-bond donors (Lipinski definition) is 1. The van der Waals surface area contributed by atoms with E-state index in [2.05, 4.69) is 26.8 Å². The van der Waals surface area contributed by atoms with Crippen molar-refractivity contribution >= 4 is 18.0 Å². The molecule has 31 heavy (non-hydrogen) atoms. The molecule has 3 heterocycles. The molecule has 1 aliphatic heterocycles. The number of amides is 1. The van der Waals surface area contributed by atoms with Crippen molar-refractivity contribution in [2.24, 2.45) is 0 Å². The average molecular weight is 429 g/mol. The van der Waals surface area contributed by atoms with Gasteiger partial charge in [0.25, 0.3) is 0 Å². The van der Waals surface area contributed by atoms with Crippen LogP contribution in [0, 0.1) is 0 Å². The first-order valence-corrected chi connectivity index (χ1v) is 10.2. The lowest BCUT2D eigenvalue weighted by Gasteiger charge is -2.40. The van der Waals surface area contributed by atoms with E-state index in [-0.39, 0.29) is 30.2 Å². The number of methoxy groups -OCH3 is 1. The van der Waals surface area contributed by atoms with Gasteiger partial charge in [0.15, 0.2) is 0 Å². The Kier molecular flexibility index (Phi) is 6.03. The summed E-state index contributed by atoms with van der Waals surface area (Å²) < 4.78 is 16.5. The molecule has 2 aromatic heterocycles. The van der Waals surface area contributed by atoms with Gasteiger partial charge < -0.3 is 29.7 Å². The maximum absolute atomic E-state index is 11.7. The molecule has 0 spiro atoms. The van der Waals surface area contributed by atoms with Crippen LogP contribution in [0.2, 0.25) is 0 Å². The number of nitrogen functional groups attached to an aromatic ring is 1. The Labute approximate surface area is 180 Å². The summed E-state index contributed by atoms with van der Waals surface area (Å²) in [6.07, 6.45) is 4.28. The first-order chi connectivity index (χ1) is 14.9. The van der Waals surface area contributed by atoms with E-state index in [4.69, 9.17) is 24.9 Å². The second kappa shape index (κ2) is 8.88. The Bertz CT molecular complexity index is 920. The number of hydrogen-bond acceptors (Lipinski definition) is 10. The lowest BCUT2D eigenvalue weighted by molar-refractivity contribution is 0.0248. The minimum atomic E-state index is -0.347. The smallest absolute Gasteiger partial charge is 0.409 e. The molecule has 1 atom stereocenters. The largest absolute Gasteiger partial charge is 0.474 e. The van der Waals surface area contributed by atoms with Crippen LogP contribution in [-0.4, -0.2) is 83.0 Å². The van der Waals surface area contributed by atoms with Crippen molar-refractivity contribution in [3.63, 3.8) is 0 Å². The second-order valence-electron chi connectivity index (χ2n) is 7.78. The van der Waals surface area contributed by atoms with Crippen molar-refractivity contribution in [2.75, 3.05) is 44.5 Å². The molecule has 11 nitrogen and oxygen atoms in total. The standard InChI is InChI=1S/C20H27N7O4/c1-12-11-30-5-4-27(12)19-24-16(13-9-22-18(21)23-10-13)8-17(25-19)31-15-6-14(7-15)26(2)20(28)29-3/h8-10,12,14-15H,4-7,11H2,1-3H3,(H2,21,22,23)/t12-,14?,15?/m0/s1. The van der Waals surface area contributed by atoms with Crippen LogP contribution in [0.15, 0.2) is 18.5 Å². The fraction of sp³-hybridized carbons (Fsp3) is 0.550. The predicted octanol–water partition coefficient (Wildman–Crippen LogP) is 1.35. The summed E-state index contributed by atoms with van der Waals surface area (Å²) in [5, 5.41) is 0. The predicted molar refractivity (Wildman–Crippen MR) is 113 cm³/mol. The second-order valence-corrected chi connectivity index (χ2v) is 7.78. The number of morpholine rings is 1. The topological polar surface area (TPSA) is 129 Å². The molecule has 1 amide bonds. The van der Waals surface area contributed by atoms with Crippen molar-refractivity contribution in [1.82, 2.24) is 24.8 Å². The molecule has 2 N–H and O–H groups in total. The maximum Gasteiger partial charge on any atom is 0.409 e. The van der Waals surface area contributed by atoms with E-state index in [9.17, 15) is 4.79 Å². The number of aromatic nitrogens is 4. The fourth-order valence-corrected chi connectivity index (χ4v) is 3.66. The Hall–Kier alpha value is -3.21. The molecule has 0 radical (unpaired) electrons. The molecular formula is C20H27N7O4. The number of nitrogens with zero attached hydrogens (tertiary/aromatic N) is 6. The molecule has 0 unspecified atom stereocenters. The van der Waals surface area contributed by atoms with Gasteiger partial charge in [0.2, 0.25) is 17.8 Å². The highest BCUT2D eigenvalue weighted by molar-refractivity contribution is 5.67. The number of rotatable bonds is 5. The fourth-order valence-electron chi connectivity index (χ4n) is 3.66. The van der Waals surface area contributed by atoms with Gasteiger partial charge in [-0.15, -0.1) is 0 Å². The minimum Gasteiger partial charge on any atom is -0.474 e. The van der Waals surface area contributed by atoms with Gasteiger partial charge in [-0.25, -0.2) is 19.7 Å². The van der Waals surface area contributed by atoms with Crippen LogP contribution in [-0.2, 0) is 9.47 Å². The highest BCUT2D eigenvalue weighted by Gasteiger charge is 2.36. The van der Waals surface area contributed by atoms with Gasteiger partial charge in [-0.1, -0.05) is 0 Å². The van der Waals surface area contributed by atoms with E-state index in [0.717, 1.165) is 5.56 Å². The number of ether oxygens (including phenoxy) is 3. The van der Waals surface area contributed by atoms with Crippen LogP contribution in [0.5, 0.6) is 5.88 Å². The lowest BCUT2D eigenvalue weighted by atomic mass is 9.88. The van der Waals surface area contributed by atoms with E-state index < -0.39 is 0 Å². The number of carbonyl (C=O) groups is 1. The van der Waals surface area contributed by atoms with Gasteiger partial charge in [0.1, 0.15) is 6.10 Å². The van der Waals surface area contributed by atoms with Gasteiger partial charge in [-0.05, 0) is 6.92 Å². The molecule has 0 aromatic carbocycles. The highest BCUT2D eigenvalue weighted by atomic mass is 16.5. The molecule has 2 fully saturated rings. The molecule has 2 aromatic rings. The molecule has 166 valence electrons. The van der Waals surface area contributed by atoms with Crippen molar-refractivity contribution in [3.05, 3.63) is 18.5 Å². The maximum atomic E-state index is 11.7. The summed E-state index contributed by atoms with van der Waals surface area (Å²) in [5.41, 5.74) is 7.00. The summed E-state index contributed by atoms with van der Waals surface area (Å²) in [5.74, 6) is 1.24. The van der Waals surface area contributed by atoms with Crippen molar-refractivity contribution in [3.8, 4) is 17.1 Å². The molecular weight excluding hydrogens is 402 g/mol. The van der Waals surface area contributed by atoms with Crippen molar-refractivity contribution in [2.45, 2.75) is 38.0 Å². The Morgan fingerprint density at radius 2 is 2.03 bits per heavy atom. The highest BCUT2D eigenvalue weighted by Crippen LogP contribution is 2.31. The van der Waals surface area contributed by atoms with E-state index >= 15 is 0 Å². The van der Waals surface area contributed by atoms with Gasteiger partial charge in [-0.3, -0.25) is 0 Å². The van der Waals surface area contributed by atoms with Gasteiger partial charge in [0, 0.05) is 56.5 Å². The third-order valence-corrected chi connectivity index (χ3v) is 5.65. The first kappa shape index (κ1) is 21.0. The van der Waals surface area contributed by atoms with Crippen LogP contribution in [0.25, 0.3) is 11.3 Å². The summed E-state index contributed by atoms with van der Waals surface area (Å²) in [7, 11) is 3.11. The van der Waals surface area contributed by atoms with Crippen LogP contribution < -0.4 is 15.4 Å². The van der Waals surface area contributed by atoms with Crippen molar-refractivity contribution < 1.29 is 19.0 Å². The summed E-state index contributed by atoms with van der Waals surface area (Å²) in [6, 6.07) is 2.00. The summed E-state index contributed by atoms with van der Waals surface area (Å²) in [6.45, 7) is 3.99. The van der Waals surface area contributed by atoms with Crippen LogP contribution in [0.1, 0.15) is 19.8 Å². The monoisotopic (exact) mass is 429 g/mol. The van der Waals surface area contributed by atoms with E-state index in [1.54, 1.807) is 30.4 Å². The van der Waals surface area contributed by atoms with Crippen LogP contribution in [0.3, 0.4) is 0 Å². The quantitative estimate of drug-likeness (QED) is 0.743. The van der Waals surface area contributed by atoms with Gasteiger partial charge in [0.05, 0.1) is 32.1 Å². The van der Waals surface area contributed by atoms with Gasteiger partial charge >= 0.3 is 6.09 Å². The number of carbonyl (C=O) groups excluding carboxylic acids is 1. The molecule has 0 bridgehead atoms. The number of nitrogens with two attached hydrogens (primary N) is 1. The molecule has 2 aliphatic rings. The van der Waals surface area contributed by atoms with Crippen molar-refractivity contribution in [1.29, 1.82) is 0 Å². The zero-order valence-electron chi connectivity index (χ0n) is 17.9. The van der Waals surface area contributed by atoms with E-state index in [0.29, 0.717) is 50.1 Å². The van der Waals surface area contributed by atoms with Crippen LogP contribution >= 0.6 is 0 Å². The van der Waals surface area contributed by atoms with Crippen LogP contribution in [0.4, 0.5) is 16.7 Å². The van der Waals surface area contributed by atoms with E-state index in [1.807, 2.05) is 0 Å². The Morgan fingerprint density at radius 1 is 1.29 bits per heavy atom. The molecule has 1 saturated carbocycles. The zero-order valence-corrected chi connectivity index (χ0v) is 17.9. The first-order valence-electron chi connectivity index (χ1n) is 10.2. The molecule has 1 aliphatic carbocycles. The Balaban J connectivity index is 1.55. The molecule has 1 saturated heterocycles. The normalized spacial score (nSPS) is 23.1. The third kappa shape index (κ3) is 4.61. The lowest BCUT2D eigenvalue weighted by Crippen LogP contribution is -2.50. The van der Waals surface area contributed by atoms with E-state index in [1.165, 1.54) is 7.11 Å². The SMILES string of the molecule is COC(=O)N(C)C1CC(Oc2cc(-c3cnc(N)nc3)nc(N3CCOC[C@@H]3C)n2)C1. The number of anilines is 2. The zero-order chi connectivity index (χ0) is 22.0. The average Bonchev–Trinajstić information content (AvgIpc) is 2.75. The minimum absolute atomic E-state index is 0.0440. The Morgan fingerprint density at radius 3 is 2.71 bits per heavy atom.